The fourth-order valence-electron chi connectivity index (χ4n) is 10.6. The van der Waals surface area contributed by atoms with Crippen LogP contribution in [-0.2, 0) is 38.3 Å². The van der Waals surface area contributed by atoms with Gasteiger partial charge in [-0.3, -0.25) is 43.3 Å². The minimum absolute atomic E-state index is 0.0400. The third-order valence-electron chi connectivity index (χ3n) is 14.2. The van der Waals surface area contributed by atoms with Gasteiger partial charge in [0.1, 0.15) is 17.5 Å². The number of carbonyl (C=O) groups is 6. The smallest absolute Gasteiger partial charge is 0.407 e. The third kappa shape index (κ3) is 8.06. The van der Waals surface area contributed by atoms with Crippen molar-refractivity contribution < 1.29 is 42.6 Å². The van der Waals surface area contributed by atoms with E-state index in [1.165, 1.54) is 19.2 Å². The maximum absolute atomic E-state index is 16.2. The summed E-state index contributed by atoms with van der Waals surface area (Å²) in [4.78, 5) is 99.1. The van der Waals surface area contributed by atoms with E-state index in [1.54, 1.807) is 46.6 Å². The van der Waals surface area contributed by atoms with Gasteiger partial charge >= 0.3 is 11.8 Å². The third-order valence-corrected chi connectivity index (χ3v) is 14.2. The molecule has 0 radical (unpaired) electrons. The number of fused-ring (bicyclic) bond motifs is 5. The molecule has 362 valence electrons. The van der Waals surface area contributed by atoms with Crippen molar-refractivity contribution in [1.29, 1.82) is 0 Å². The Kier molecular flexibility index (Phi) is 11.9. The van der Waals surface area contributed by atoms with Gasteiger partial charge in [0.15, 0.2) is 0 Å². The SMILES string of the molecule is COC(=O)N[C@@H]1CC[C@@H](n2c(=O)n(C)c3cnc4[nH]c(-c5ccc(C(=O)NCCCCCNc6ccc7c(c6)C(=O)N(C6CCC(=O)NC6=O)C7=O)c(F)c5)c(-c5ccc6c(c5)COC6(C)C)c4c32)C1. The number of amides is 6. The van der Waals surface area contributed by atoms with Crippen LogP contribution in [0.15, 0.2) is 65.6 Å². The van der Waals surface area contributed by atoms with Crippen molar-refractivity contribution >= 4 is 63.4 Å². The fourth-order valence-corrected chi connectivity index (χ4v) is 10.6. The highest BCUT2D eigenvalue weighted by molar-refractivity contribution is 6.24. The number of aryl methyl sites for hydroxylation is 1. The minimum atomic E-state index is -1.04. The molecule has 3 aromatic carbocycles. The van der Waals surface area contributed by atoms with Gasteiger partial charge < -0.3 is 30.4 Å². The number of aromatic amines is 1. The molecular weight excluding hydrogens is 902 g/mol. The second-order valence-electron chi connectivity index (χ2n) is 18.9. The molecule has 6 amide bonds. The average Bonchev–Trinajstić information content (AvgIpc) is 4.14. The largest absolute Gasteiger partial charge is 0.453 e. The number of methoxy groups -OCH3 is 1. The summed E-state index contributed by atoms with van der Waals surface area (Å²) in [5, 5.41) is 11.9. The van der Waals surface area contributed by atoms with Crippen LogP contribution in [0.4, 0.5) is 14.9 Å². The summed E-state index contributed by atoms with van der Waals surface area (Å²) < 4.78 is 30.6. The molecule has 1 saturated heterocycles. The van der Waals surface area contributed by atoms with E-state index in [4.69, 9.17) is 14.5 Å². The number of hydrogen-bond donors (Lipinski definition) is 5. The first-order chi connectivity index (χ1) is 33.6. The Morgan fingerprint density at radius 1 is 0.929 bits per heavy atom. The van der Waals surface area contributed by atoms with Gasteiger partial charge in [-0.1, -0.05) is 18.2 Å². The zero-order valence-corrected chi connectivity index (χ0v) is 39.1. The van der Waals surface area contributed by atoms with Gasteiger partial charge in [-0.2, -0.15) is 0 Å². The summed E-state index contributed by atoms with van der Waals surface area (Å²) >= 11 is 0. The summed E-state index contributed by atoms with van der Waals surface area (Å²) in [5.74, 6) is -3.53. The number of pyridine rings is 1. The lowest BCUT2D eigenvalue weighted by atomic mass is 9.91. The first-order valence-corrected chi connectivity index (χ1v) is 23.5. The predicted molar refractivity (Wildman–Crippen MR) is 255 cm³/mol. The second kappa shape index (κ2) is 18.0. The highest BCUT2D eigenvalue weighted by atomic mass is 19.1. The Labute approximate surface area is 400 Å². The lowest BCUT2D eigenvalue weighted by Gasteiger charge is -2.27. The summed E-state index contributed by atoms with van der Waals surface area (Å²) in [7, 11) is 3.03. The normalized spacial score (nSPS) is 19.4. The number of unbranched alkanes of at least 4 members (excludes halogenated alkanes) is 2. The molecule has 4 aliphatic rings. The van der Waals surface area contributed by atoms with E-state index in [9.17, 15) is 33.6 Å². The maximum atomic E-state index is 16.2. The minimum Gasteiger partial charge on any atom is -0.453 e. The fraction of sp³-hybridized carbons (Fsp3) is 0.373. The Hall–Kier alpha value is -7.67. The lowest BCUT2D eigenvalue weighted by Crippen LogP contribution is -2.54. The molecule has 3 atom stereocenters. The van der Waals surface area contributed by atoms with E-state index in [2.05, 4.69) is 32.3 Å². The molecular formula is C51H52FN9O9. The number of alkyl carbamates (subject to hydrolysis) is 1. The van der Waals surface area contributed by atoms with Gasteiger partial charge in [0.25, 0.3) is 17.7 Å². The highest BCUT2D eigenvalue weighted by Gasteiger charge is 2.45. The van der Waals surface area contributed by atoms with Crippen molar-refractivity contribution in [1.82, 2.24) is 40.0 Å². The van der Waals surface area contributed by atoms with E-state index >= 15 is 4.39 Å². The zero-order valence-electron chi connectivity index (χ0n) is 39.1. The molecule has 19 heteroatoms. The number of ether oxygens (including phenoxy) is 2. The summed E-state index contributed by atoms with van der Waals surface area (Å²) in [6, 6.07) is 14.0. The van der Waals surface area contributed by atoms with E-state index in [0.29, 0.717) is 96.4 Å². The van der Waals surface area contributed by atoms with Gasteiger partial charge in [0.05, 0.1) is 64.3 Å². The number of imidazole rings is 1. The van der Waals surface area contributed by atoms with Gasteiger partial charge in [-0.25, -0.2) is 19.0 Å². The Balaban J connectivity index is 0.840. The zero-order chi connectivity index (χ0) is 49.2. The van der Waals surface area contributed by atoms with Crippen LogP contribution >= 0.6 is 0 Å². The number of anilines is 1. The number of piperidine rings is 1. The molecule has 6 aromatic rings. The molecule has 3 aromatic heterocycles. The van der Waals surface area contributed by atoms with Crippen LogP contribution in [0.3, 0.4) is 0 Å². The molecule has 0 spiro atoms. The van der Waals surface area contributed by atoms with Crippen LogP contribution < -0.4 is 27.0 Å². The number of nitrogens with zero attached hydrogens (tertiary/aromatic N) is 4. The van der Waals surface area contributed by atoms with Crippen molar-refractivity contribution in [2.24, 2.45) is 7.05 Å². The molecule has 1 unspecified atom stereocenters. The second-order valence-corrected chi connectivity index (χ2v) is 18.9. The Morgan fingerprint density at radius 2 is 1.71 bits per heavy atom. The number of carbonyl (C=O) groups excluding carboxylic acids is 6. The molecule has 0 bridgehead atoms. The van der Waals surface area contributed by atoms with Crippen molar-refractivity contribution in [3.63, 3.8) is 0 Å². The average molecular weight is 954 g/mol. The monoisotopic (exact) mass is 953 g/mol. The number of rotatable bonds is 13. The van der Waals surface area contributed by atoms with Crippen LogP contribution in [0.2, 0.25) is 0 Å². The number of halogens is 1. The molecule has 6 heterocycles. The molecule has 70 heavy (non-hydrogen) atoms. The van der Waals surface area contributed by atoms with E-state index in [1.807, 2.05) is 26.0 Å². The van der Waals surface area contributed by atoms with Crippen LogP contribution in [0, 0.1) is 5.82 Å². The molecule has 10 rings (SSSR count). The topological polar surface area (TPSA) is 228 Å². The summed E-state index contributed by atoms with van der Waals surface area (Å²) in [6.07, 6.45) is 5.11. The van der Waals surface area contributed by atoms with Gasteiger partial charge in [0, 0.05) is 55.5 Å². The number of H-pyrrole nitrogens is 1. The van der Waals surface area contributed by atoms with Gasteiger partial charge in [-0.15, -0.1) is 0 Å². The number of nitrogens with one attached hydrogen (secondary N) is 5. The highest BCUT2D eigenvalue weighted by Crippen LogP contribution is 2.45. The van der Waals surface area contributed by atoms with Crippen LogP contribution in [0.5, 0.6) is 0 Å². The molecule has 5 N–H and O–H groups in total. The van der Waals surface area contributed by atoms with E-state index in [0.717, 1.165) is 28.0 Å². The number of benzene rings is 3. The van der Waals surface area contributed by atoms with Crippen LogP contribution in [-0.4, -0.2) is 91.9 Å². The molecule has 18 nitrogen and oxygen atoms in total. The number of aromatic nitrogens is 4. The van der Waals surface area contributed by atoms with Crippen LogP contribution in [0.25, 0.3) is 44.5 Å². The molecule has 2 fully saturated rings. The molecule has 1 aliphatic carbocycles. The molecule has 3 aliphatic heterocycles. The standard InChI is InChI=1S/C51H52FN9O9/c1-51(2)35-15-9-26(20-28(35)25-70-51)40-41-43-38(59(3)50(68)60(43)31-12-10-30(22-31)56-49(67)69-4)24-55-44(41)58-42(40)27-8-13-33(36(52)21-27)45(63)54-19-7-5-6-18-53-29-11-14-32-34(23-29)48(66)61(47(32)65)37-16-17-39(62)57-46(37)64/h8-9,11,13-15,20-21,23-24,30-31,37,53H,5-7,10,12,16-19,22,25H2,1-4H3,(H,54,63)(H,55,58)(H,56,67)(H,57,62,64)/t30-,31-,37?/m1/s1. The Morgan fingerprint density at radius 3 is 2.50 bits per heavy atom. The first kappa shape index (κ1) is 46.1. The quantitative estimate of drug-likeness (QED) is 0.0636. The summed E-state index contributed by atoms with van der Waals surface area (Å²) in [6.45, 7) is 5.28. The van der Waals surface area contributed by atoms with Crippen molar-refractivity contribution in [3.8, 4) is 22.4 Å². The predicted octanol–water partition coefficient (Wildman–Crippen LogP) is 6.32. The Bertz CT molecular complexity index is 3260. The van der Waals surface area contributed by atoms with Crippen molar-refractivity contribution in [2.45, 2.75) is 95.5 Å². The number of imide groups is 2. The summed E-state index contributed by atoms with van der Waals surface area (Å²) in [5.41, 5.74) is 6.58. The maximum Gasteiger partial charge on any atom is 0.407 e. The lowest BCUT2D eigenvalue weighted by molar-refractivity contribution is -0.136. The molecule has 1 saturated carbocycles. The number of hydrogen-bond acceptors (Lipinski definition) is 11. The first-order valence-electron chi connectivity index (χ1n) is 23.5. The van der Waals surface area contributed by atoms with Gasteiger partial charge in [-0.05, 0) is 112 Å². The van der Waals surface area contributed by atoms with E-state index in [-0.39, 0.29) is 47.3 Å². The van der Waals surface area contributed by atoms with Crippen molar-refractivity contribution in [2.75, 3.05) is 25.5 Å². The van der Waals surface area contributed by atoms with Crippen molar-refractivity contribution in [3.05, 3.63) is 105 Å². The van der Waals surface area contributed by atoms with E-state index < -0.39 is 53.1 Å². The van der Waals surface area contributed by atoms with Gasteiger partial charge in [0.2, 0.25) is 11.8 Å². The van der Waals surface area contributed by atoms with Crippen LogP contribution in [0.1, 0.15) is 113 Å².